The molecule has 1 aromatic carbocycles. The van der Waals surface area contributed by atoms with Gasteiger partial charge in [0, 0.05) is 24.1 Å². The zero-order valence-electron chi connectivity index (χ0n) is 12.0. The minimum Gasteiger partial charge on any atom is -0.497 e. The molecule has 0 amide bonds. The van der Waals surface area contributed by atoms with Crippen LogP contribution in [0.3, 0.4) is 0 Å². The van der Waals surface area contributed by atoms with Crippen molar-refractivity contribution in [2.24, 2.45) is 0 Å². The van der Waals surface area contributed by atoms with Crippen molar-refractivity contribution in [1.82, 2.24) is 15.0 Å². The van der Waals surface area contributed by atoms with E-state index in [0.29, 0.717) is 5.65 Å². The molecule has 0 bridgehead atoms. The molecular weight excluding hydrogens is 332 g/mol. The molecule has 2 heterocycles. The number of benzene rings is 1. The number of aromatic amines is 1. The number of fused-ring (bicyclic) bond motifs is 1. The predicted molar refractivity (Wildman–Crippen MR) is 87.9 cm³/mol. The number of hydrogen-bond donors (Lipinski definition) is 1. The lowest BCUT2D eigenvalue weighted by Gasteiger charge is -2.09. The highest BCUT2D eigenvalue weighted by Crippen LogP contribution is 2.31. The van der Waals surface area contributed by atoms with Crippen LogP contribution < -0.4 is 9.64 Å². The molecular formula is C15H15BrN4O. The average Bonchev–Trinajstić information content (AvgIpc) is 2.90. The van der Waals surface area contributed by atoms with Gasteiger partial charge in [-0.1, -0.05) is 15.9 Å². The largest absolute Gasteiger partial charge is 0.497 e. The van der Waals surface area contributed by atoms with Gasteiger partial charge in [-0.2, -0.15) is 0 Å². The summed E-state index contributed by atoms with van der Waals surface area (Å²) < 4.78 is 6.23. The molecule has 108 valence electrons. The number of aromatic nitrogens is 3. The van der Waals surface area contributed by atoms with Crippen molar-refractivity contribution in [1.29, 1.82) is 0 Å². The predicted octanol–water partition coefficient (Wildman–Crippen LogP) is 3.46. The Labute approximate surface area is 131 Å². The molecule has 6 heteroatoms. The number of halogens is 1. The molecule has 0 aliphatic heterocycles. The third kappa shape index (κ3) is 2.58. The first kappa shape index (κ1) is 13.9. The number of H-pyrrole nitrogens is 1. The zero-order chi connectivity index (χ0) is 15.0. The van der Waals surface area contributed by atoms with E-state index in [1.807, 2.05) is 49.3 Å². The Kier molecular flexibility index (Phi) is 3.55. The van der Waals surface area contributed by atoms with Crippen molar-refractivity contribution in [2.45, 2.75) is 0 Å². The molecule has 0 radical (unpaired) electrons. The Hall–Kier alpha value is -2.08. The lowest BCUT2D eigenvalue weighted by Crippen LogP contribution is -2.10. The molecule has 0 atom stereocenters. The van der Waals surface area contributed by atoms with Crippen LogP contribution in [-0.4, -0.2) is 36.2 Å². The maximum atomic E-state index is 5.27. The van der Waals surface area contributed by atoms with E-state index in [0.717, 1.165) is 32.9 Å². The summed E-state index contributed by atoms with van der Waals surface area (Å²) in [4.78, 5) is 14.4. The fraction of sp³-hybridized carbons (Fsp3) is 0.200. The summed E-state index contributed by atoms with van der Waals surface area (Å²) >= 11 is 3.55. The van der Waals surface area contributed by atoms with Gasteiger partial charge in [-0.3, -0.25) is 0 Å². The minimum absolute atomic E-state index is 0.700. The minimum atomic E-state index is 0.700. The highest BCUT2D eigenvalue weighted by molar-refractivity contribution is 9.10. The molecule has 0 aliphatic carbocycles. The summed E-state index contributed by atoms with van der Waals surface area (Å²) in [5, 5.41) is 0. The molecule has 0 aliphatic rings. The van der Waals surface area contributed by atoms with Gasteiger partial charge in [-0.15, -0.1) is 0 Å². The molecule has 2 aromatic heterocycles. The Morgan fingerprint density at radius 1 is 1.14 bits per heavy atom. The molecule has 0 fully saturated rings. The molecule has 3 rings (SSSR count). The number of rotatable bonds is 3. The van der Waals surface area contributed by atoms with Crippen molar-refractivity contribution < 1.29 is 4.74 Å². The first-order chi connectivity index (χ1) is 10.1. The second-order valence-electron chi connectivity index (χ2n) is 4.87. The third-order valence-corrected chi connectivity index (χ3v) is 3.91. The SMILES string of the molecule is COc1ccc(Br)c(-c2nc3nc(N(C)C)ccc3[nH]2)c1. The van der Waals surface area contributed by atoms with E-state index in [1.165, 1.54) is 0 Å². The van der Waals surface area contributed by atoms with Crippen molar-refractivity contribution in [2.75, 3.05) is 26.1 Å². The monoisotopic (exact) mass is 346 g/mol. The van der Waals surface area contributed by atoms with E-state index in [1.54, 1.807) is 7.11 Å². The van der Waals surface area contributed by atoms with E-state index >= 15 is 0 Å². The van der Waals surface area contributed by atoms with Crippen LogP contribution in [-0.2, 0) is 0 Å². The van der Waals surface area contributed by atoms with Crippen LogP contribution in [0.4, 0.5) is 5.82 Å². The number of ether oxygens (including phenoxy) is 1. The van der Waals surface area contributed by atoms with Crippen LogP contribution in [0, 0.1) is 0 Å². The summed E-state index contributed by atoms with van der Waals surface area (Å²) in [6.45, 7) is 0. The highest BCUT2D eigenvalue weighted by atomic mass is 79.9. The average molecular weight is 347 g/mol. The molecule has 21 heavy (non-hydrogen) atoms. The topological polar surface area (TPSA) is 54.0 Å². The van der Waals surface area contributed by atoms with E-state index in [-0.39, 0.29) is 0 Å². The van der Waals surface area contributed by atoms with E-state index in [4.69, 9.17) is 4.74 Å². The summed E-state index contributed by atoms with van der Waals surface area (Å²) in [5.41, 5.74) is 2.55. The first-order valence-corrected chi connectivity index (χ1v) is 7.26. The van der Waals surface area contributed by atoms with Crippen molar-refractivity contribution >= 4 is 32.9 Å². The lowest BCUT2D eigenvalue weighted by atomic mass is 10.2. The van der Waals surface area contributed by atoms with Gasteiger partial charge in [0.15, 0.2) is 5.65 Å². The Morgan fingerprint density at radius 3 is 2.67 bits per heavy atom. The van der Waals surface area contributed by atoms with Crippen molar-refractivity contribution in [3.05, 3.63) is 34.8 Å². The van der Waals surface area contributed by atoms with Crippen LogP contribution in [0.25, 0.3) is 22.6 Å². The summed E-state index contributed by atoms with van der Waals surface area (Å²) in [7, 11) is 5.57. The molecule has 0 unspecified atom stereocenters. The van der Waals surface area contributed by atoms with E-state index in [9.17, 15) is 0 Å². The van der Waals surface area contributed by atoms with Crippen LogP contribution in [0.15, 0.2) is 34.8 Å². The summed E-state index contributed by atoms with van der Waals surface area (Å²) in [6, 6.07) is 9.74. The Bertz CT molecular complexity index is 797. The summed E-state index contributed by atoms with van der Waals surface area (Å²) in [5.74, 6) is 2.43. The molecule has 0 saturated carbocycles. The zero-order valence-corrected chi connectivity index (χ0v) is 13.6. The normalized spacial score (nSPS) is 10.9. The smallest absolute Gasteiger partial charge is 0.180 e. The molecule has 0 saturated heterocycles. The lowest BCUT2D eigenvalue weighted by molar-refractivity contribution is 0.415. The number of nitrogens with zero attached hydrogens (tertiary/aromatic N) is 3. The van der Waals surface area contributed by atoms with Gasteiger partial charge in [0.05, 0.1) is 12.6 Å². The van der Waals surface area contributed by atoms with Gasteiger partial charge in [0.2, 0.25) is 0 Å². The maximum absolute atomic E-state index is 5.27. The molecule has 0 spiro atoms. The number of methoxy groups -OCH3 is 1. The van der Waals surface area contributed by atoms with E-state index < -0.39 is 0 Å². The number of imidazole rings is 1. The van der Waals surface area contributed by atoms with Gasteiger partial charge in [0.1, 0.15) is 17.4 Å². The molecule has 1 N–H and O–H groups in total. The second kappa shape index (κ2) is 5.37. The van der Waals surface area contributed by atoms with Crippen LogP contribution in [0.5, 0.6) is 5.75 Å². The quantitative estimate of drug-likeness (QED) is 0.788. The fourth-order valence-corrected chi connectivity index (χ4v) is 2.51. The molecule has 5 nitrogen and oxygen atoms in total. The van der Waals surface area contributed by atoms with Crippen LogP contribution in [0.1, 0.15) is 0 Å². The van der Waals surface area contributed by atoms with Gasteiger partial charge < -0.3 is 14.6 Å². The van der Waals surface area contributed by atoms with Gasteiger partial charge >= 0.3 is 0 Å². The highest BCUT2D eigenvalue weighted by Gasteiger charge is 2.11. The number of anilines is 1. The Morgan fingerprint density at radius 2 is 1.95 bits per heavy atom. The standard InChI is InChI=1S/C15H15BrN4O/c1-20(2)13-7-6-12-15(18-13)19-14(17-12)10-8-9(21-3)4-5-11(10)16/h4-8H,1-3H3,(H,17,18,19). The van der Waals surface area contributed by atoms with Gasteiger partial charge in [-0.05, 0) is 30.3 Å². The van der Waals surface area contributed by atoms with Gasteiger partial charge in [0.25, 0.3) is 0 Å². The summed E-state index contributed by atoms with van der Waals surface area (Å²) in [6.07, 6.45) is 0. The first-order valence-electron chi connectivity index (χ1n) is 6.46. The van der Waals surface area contributed by atoms with Crippen molar-refractivity contribution in [3.8, 4) is 17.1 Å². The van der Waals surface area contributed by atoms with Crippen molar-refractivity contribution in [3.63, 3.8) is 0 Å². The second-order valence-corrected chi connectivity index (χ2v) is 5.72. The van der Waals surface area contributed by atoms with Crippen LogP contribution in [0.2, 0.25) is 0 Å². The third-order valence-electron chi connectivity index (χ3n) is 3.22. The number of nitrogens with one attached hydrogen (secondary N) is 1. The van der Waals surface area contributed by atoms with Crippen LogP contribution >= 0.6 is 15.9 Å². The Balaban J connectivity index is 2.13. The van der Waals surface area contributed by atoms with Gasteiger partial charge in [-0.25, -0.2) is 9.97 Å². The fourth-order valence-electron chi connectivity index (χ4n) is 2.07. The number of hydrogen-bond acceptors (Lipinski definition) is 4. The van der Waals surface area contributed by atoms with E-state index in [2.05, 4.69) is 30.9 Å². The number of pyridine rings is 1. The molecule has 3 aromatic rings. The maximum Gasteiger partial charge on any atom is 0.180 e.